The van der Waals surface area contributed by atoms with Crippen LogP contribution in [0.2, 0.25) is 0 Å². The van der Waals surface area contributed by atoms with Gasteiger partial charge in [-0.1, -0.05) is 37.4 Å². The molecule has 4 rings (SSSR count). The Balaban J connectivity index is 1.71. The van der Waals surface area contributed by atoms with Crippen molar-refractivity contribution in [2.45, 2.75) is 62.2 Å². The number of hydrogen-bond donors (Lipinski definition) is 0. The number of anilines is 1. The largest absolute Gasteiger partial charge is 0.416 e. The molecule has 2 atom stereocenters. The third kappa shape index (κ3) is 5.55. The van der Waals surface area contributed by atoms with Crippen molar-refractivity contribution < 1.29 is 39.6 Å². The Morgan fingerprint density at radius 3 is 2.15 bits per heavy atom. The fourth-order valence-electron chi connectivity index (χ4n) is 4.73. The van der Waals surface area contributed by atoms with Gasteiger partial charge in [-0.25, -0.2) is 8.42 Å². The normalized spacial score (nSPS) is 26.4. The quantitative estimate of drug-likeness (QED) is 0.497. The van der Waals surface area contributed by atoms with Gasteiger partial charge in [0.15, 0.2) is 15.0 Å². The van der Waals surface area contributed by atoms with Crippen LogP contribution < -0.4 is 4.90 Å². The van der Waals surface area contributed by atoms with Crippen LogP contribution in [0.3, 0.4) is 0 Å². The number of nitrogens with zero attached hydrogens (tertiary/aromatic N) is 2. The van der Waals surface area contributed by atoms with Gasteiger partial charge in [0.05, 0.1) is 28.7 Å². The van der Waals surface area contributed by atoms with Gasteiger partial charge in [0.2, 0.25) is 5.91 Å². The number of halogens is 6. The van der Waals surface area contributed by atoms with Gasteiger partial charge in [-0.15, -0.1) is 0 Å². The Kier molecular flexibility index (Phi) is 6.73. The molecule has 2 saturated heterocycles. The highest BCUT2D eigenvalue weighted by atomic mass is 32.2. The van der Waals surface area contributed by atoms with E-state index in [1.807, 2.05) is 0 Å². The van der Waals surface area contributed by atoms with Gasteiger partial charge < -0.3 is 4.90 Å². The molecule has 0 unspecified atom stereocenters. The minimum Gasteiger partial charge on any atom is -0.316 e. The number of amidine groups is 1. The number of hydrogen-bond acceptors (Lipinski definition) is 4. The maximum Gasteiger partial charge on any atom is 0.416 e. The summed E-state index contributed by atoms with van der Waals surface area (Å²) < 4.78 is 105. The molecule has 0 aromatic heterocycles. The van der Waals surface area contributed by atoms with Crippen molar-refractivity contribution in [2.24, 2.45) is 10.9 Å². The van der Waals surface area contributed by atoms with Crippen LogP contribution in [0.4, 0.5) is 32.0 Å². The summed E-state index contributed by atoms with van der Waals surface area (Å²) in [4.78, 5) is 17.6. The summed E-state index contributed by atoms with van der Waals surface area (Å²) in [6.45, 7) is 0. The van der Waals surface area contributed by atoms with Crippen LogP contribution in [0.25, 0.3) is 0 Å². The van der Waals surface area contributed by atoms with Gasteiger partial charge in [0, 0.05) is 17.4 Å². The number of aliphatic imine (C=N–C) groups is 1. The molecular weight excluding hydrogens is 506 g/mol. The van der Waals surface area contributed by atoms with Crippen LogP contribution in [-0.2, 0) is 27.0 Å². The highest BCUT2D eigenvalue weighted by Gasteiger charge is 2.50. The van der Waals surface area contributed by atoms with Gasteiger partial charge in [0.1, 0.15) is 0 Å². The molecule has 0 radical (unpaired) electrons. The number of carbonyl (C=O) groups is 1. The lowest BCUT2D eigenvalue weighted by Gasteiger charge is -2.26. The SMILES string of the molecule is O=C(CCC1CCCC1)N=C1S[C@@H]2CS(=O)(=O)C[C@@H]2N1c1cc(C(F)(F)F)cc(C(F)(F)F)c1. The first kappa shape index (κ1) is 25.3. The average Bonchev–Trinajstić information content (AvgIpc) is 3.39. The summed E-state index contributed by atoms with van der Waals surface area (Å²) in [5.41, 5.74) is -3.52. The molecule has 1 saturated carbocycles. The predicted molar refractivity (Wildman–Crippen MR) is 116 cm³/mol. The summed E-state index contributed by atoms with van der Waals surface area (Å²) in [5, 5.41) is -0.705. The van der Waals surface area contributed by atoms with Gasteiger partial charge in [-0.3, -0.25) is 4.79 Å². The first-order valence-electron chi connectivity index (χ1n) is 10.8. The van der Waals surface area contributed by atoms with Crippen LogP contribution in [0, 0.1) is 5.92 Å². The Morgan fingerprint density at radius 1 is 1.00 bits per heavy atom. The number of sulfone groups is 1. The lowest BCUT2D eigenvalue weighted by atomic mass is 10.0. The standard InChI is InChI=1S/C21H22F6N2O3S2/c22-20(23,24)13-7-14(21(25,26)27)9-15(8-13)29-16-10-34(31,32)11-17(16)33-19(29)28-18(30)6-5-12-3-1-2-4-12/h7-9,12,16-17H,1-6,10-11H2/t16-,17+/m0/s1. The number of rotatable bonds is 4. The second-order valence-corrected chi connectivity index (χ2v) is 12.3. The topological polar surface area (TPSA) is 66.8 Å². The molecule has 34 heavy (non-hydrogen) atoms. The van der Waals surface area contributed by atoms with Crippen LogP contribution >= 0.6 is 11.8 Å². The highest BCUT2D eigenvalue weighted by Crippen LogP contribution is 2.44. The van der Waals surface area contributed by atoms with Crippen molar-refractivity contribution in [3.05, 3.63) is 29.3 Å². The smallest absolute Gasteiger partial charge is 0.316 e. The first-order valence-corrected chi connectivity index (χ1v) is 13.5. The Morgan fingerprint density at radius 2 is 1.59 bits per heavy atom. The van der Waals surface area contributed by atoms with E-state index in [9.17, 15) is 39.6 Å². The summed E-state index contributed by atoms with van der Waals surface area (Å²) in [5.74, 6) is -0.861. The molecule has 0 bridgehead atoms. The maximum absolute atomic E-state index is 13.4. The Labute approximate surface area is 196 Å². The van der Waals surface area contributed by atoms with Gasteiger partial charge in [-0.05, 0) is 30.5 Å². The summed E-state index contributed by atoms with van der Waals surface area (Å²) in [6.07, 6.45) is -5.18. The van der Waals surface area contributed by atoms with Crippen LogP contribution in [0.15, 0.2) is 23.2 Å². The minimum absolute atomic E-state index is 0.0131. The molecule has 3 fully saturated rings. The molecule has 2 aliphatic heterocycles. The molecule has 5 nitrogen and oxygen atoms in total. The first-order chi connectivity index (χ1) is 15.7. The zero-order valence-electron chi connectivity index (χ0n) is 17.8. The number of fused-ring (bicyclic) bond motifs is 1. The third-order valence-electron chi connectivity index (χ3n) is 6.38. The lowest BCUT2D eigenvalue weighted by molar-refractivity contribution is -0.143. The zero-order valence-corrected chi connectivity index (χ0v) is 19.5. The molecule has 2 heterocycles. The molecule has 1 aliphatic carbocycles. The Bertz CT molecular complexity index is 1060. The lowest BCUT2D eigenvalue weighted by Crippen LogP contribution is -2.38. The van der Waals surface area contributed by atoms with Gasteiger partial charge in [-0.2, -0.15) is 31.3 Å². The van der Waals surface area contributed by atoms with Crippen LogP contribution in [0.5, 0.6) is 0 Å². The van der Waals surface area contributed by atoms with E-state index in [0.717, 1.165) is 42.3 Å². The van der Waals surface area contributed by atoms with Crippen molar-refractivity contribution in [1.82, 2.24) is 0 Å². The van der Waals surface area contributed by atoms with Gasteiger partial charge in [0.25, 0.3) is 0 Å². The van der Waals surface area contributed by atoms with Crippen molar-refractivity contribution in [1.29, 1.82) is 0 Å². The van der Waals surface area contributed by atoms with Gasteiger partial charge >= 0.3 is 12.4 Å². The number of benzene rings is 1. The number of thioether (sulfide) groups is 1. The van der Waals surface area contributed by atoms with E-state index in [4.69, 9.17) is 0 Å². The molecule has 188 valence electrons. The molecule has 1 aromatic rings. The third-order valence-corrected chi connectivity index (χ3v) is 9.59. The van der Waals surface area contributed by atoms with E-state index in [0.29, 0.717) is 24.5 Å². The number of alkyl halides is 6. The number of carbonyl (C=O) groups excluding carboxylic acids is 1. The molecule has 13 heteroatoms. The van der Waals surface area contributed by atoms with Crippen molar-refractivity contribution >= 4 is 38.4 Å². The van der Waals surface area contributed by atoms with E-state index in [1.54, 1.807) is 0 Å². The molecule has 1 amide bonds. The fraction of sp³-hybridized carbons (Fsp3) is 0.619. The summed E-state index contributed by atoms with van der Waals surface area (Å²) in [6, 6.07) is 0.184. The summed E-state index contributed by atoms with van der Waals surface area (Å²) >= 11 is 0.913. The van der Waals surface area contributed by atoms with E-state index < -0.39 is 62.0 Å². The number of amides is 1. The van der Waals surface area contributed by atoms with E-state index in [1.165, 1.54) is 0 Å². The van der Waals surface area contributed by atoms with E-state index in [2.05, 4.69) is 4.99 Å². The second kappa shape index (κ2) is 9.03. The van der Waals surface area contributed by atoms with Crippen molar-refractivity contribution in [2.75, 3.05) is 16.4 Å². The summed E-state index contributed by atoms with van der Waals surface area (Å²) in [7, 11) is -3.54. The highest BCUT2D eigenvalue weighted by molar-refractivity contribution is 8.16. The second-order valence-electron chi connectivity index (χ2n) is 8.91. The zero-order chi connectivity index (χ0) is 24.9. The van der Waals surface area contributed by atoms with Crippen LogP contribution in [-0.4, -0.2) is 42.3 Å². The molecule has 0 spiro atoms. The molecule has 1 aromatic carbocycles. The minimum atomic E-state index is -5.06. The van der Waals surface area contributed by atoms with E-state index >= 15 is 0 Å². The van der Waals surface area contributed by atoms with Crippen molar-refractivity contribution in [3.63, 3.8) is 0 Å². The fourth-order valence-corrected chi connectivity index (χ4v) is 8.66. The Hall–Kier alpha value is -1.76. The van der Waals surface area contributed by atoms with Crippen LogP contribution in [0.1, 0.15) is 49.7 Å². The molecule has 3 aliphatic rings. The van der Waals surface area contributed by atoms with Crippen molar-refractivity contribution in [3.8, 4) is 0 Å². The maximum atomic E-state index is 13.4. The molecular formula is C21H22F6N2O3S2. The monoisotopic (exact) mass is 528 g/mol. The molecule has 0 N–H and O–H groups in total. The predicted octanol–water partition coefficient (Wildman–Crippen LogP) is 5.30. The van der Waals surface area contributed by atoms with E-state index in [-0.39, 0.29) is 23.4 Å². The average molecular weight is 529 g/mol.